The van der Waals surface area contributed by atoms with Crippen LogP contribution in [0, 0.1) is 5.92 Å². The molecule has 0 aromatic carbocycles. The lowest BCUT2D eigenvalue weighted by molar-refractivity contribution is -0.131. The lowest BCUT2D eigenvalue weighted by Gasteiger charge is -2.33. The van der Waals surface area contributed by atoms with Crippen molar-refractivity contribution in [1.29, 1.82) is 0 Å². The molecule has 0 radical (unpaired) electrons. The SMILES string of the molecule is CCC(CC(C)C=O)OCCOCCOCCOCCN(C[C@H](O)[C@@H](O)[C@H](O)[C@H](O)CO)C[C@H](O)[C@@H](O)[C@H](O)[C@H](O)CO. The van der Waals surface area contributed by atoms with E-state index in [1.165, 1.54) is 4.90 Å². The third-order valence-electron chi connectivity index (χ3n) is 6.74. The van der Waals surface area contributed by atoms with Gasteiger partial charge in [-0.25, -0.2) is 0 Å². The lowest BCUT2D eigenvalue weighted by Crippen LogP contribution is -2.53. The fourth-order valence-electron chi connectivity index (χ4n) is 3.96. The minimum atomic E-state index is -1.87. The van der Waals surface area contributed by atoms with E-state index in [0.29, 0.717) is 32.8 Å². The van der Waals surface area contributed by atoms with E-state index in [-0.39, 0.29) is 51.5 Å². The molecule has 0 heterocycles. The minimum Gasteiger partial charge on any atom is -0.394 e. The highest BCUT2D eigenvalue weighted by Crippen LogP contribution is 2.12. The number of ether oxygens (including phenoxy) is 4. The molecule has 0 aromatic rings. The van der Waals surface area contributed by atoms with Crippen molar-refractivity contribution >= 4 is 6.29 Å². The van der Waals surface area contributed by atoms with E-state index in [1.54, 1.807) is 0 Å². The van der Waals surface area contributed by atoms with Crippen LogP contribution in [0.15, 0.2) is 0 Å². The summed E-state index contributed by atoms with van der Waals surface area (Å²) in [7, 11) is 0. The molecule has 16 nitrogen and oxygen atoms in total. The monoisotopic (exact) mass is 633 g/mol. The molecule has 2 unspecified atom stereocenters. The molecule has 0 aliphatic heterocycles. The van der Waals surface area contributed by atoms with Crippen molar-refractivity contribution in [3.8, 4) is 0 Å². The van der Waals surface area contributed by atoms with Gasteiger partial charge in [0, 0.05) is 25.6 Å². The van der Waals surface area contributed by atoms with Gasteiger partial charge in [-0.3, -0.25) is 4.90 Å². The Morgan fingerprint density at radius 1 is 0.628 bits per heavy atom. The molecule has 0 aromatic heterocycles. The Hall–Kier alpha value is -0.930. The van der Waals surface area contributed by atoms with Gasteiger partial charge in [0.15, 0.2) is 0 Å². The molecular weight excluding hydrogens is 578 g/mol. The summed E-state index contributed by atoms with van der Waals surface area (Å²) in [6.07, 6.45) is -11.8. The van der Waals surface area contributed by atoms with Crippen LogP contribution in [0.1, 0.15) is 26.7 Å². The van der Waals surface area contributed by atoms with Crippen LogP contribution < -0.4 is 0 Å². The smallest absolute Gasteiger partial charge is 0.122 e. The lowest BCUT2D eigenvalue weighted by atomic mass is 10.0. The average Bonchev–Trinajstić information content (AvgIpc) is 3.01. The van der Waals surface area contributed by atoms with Gasteiger partial charge in [-0.1, -0.05) is 13.8 Å². The van der Waals surface area contributed by atoms with Gasteiger partial charge in [0.25, 0.3) is 0 Å². The van der Waals surface area contributed by atoms with E-state index in [0.717, 1.165) is 12.7 Å². The standard InChI is InChI=1S/C27H55NO15/c1-3-19(12-18(2)15-29)43-11-10-42-9-8-41-7-6-40-5-4-28(13-20(32)24(36)26(38)22(34)16-30)14-21(33)25(37)27(39)23(35)17-31/h15,18-27,30-39H,3-14,16-17H2,1-2H3/t18?,19?,20-,21-,22+,23+,24+,25+,26+,27+/m0/s1. The van der Waals surface area contributed by atoms with Gasteiger partial charge >= 0.3 is 0 Å². The first-order valence-electron chi connectivity index (χ1n) is 14.6. The predicted molar refractivity (Wildman–Crippen MR) is 151 cm³/mol. The summed E-state index contributed by atoms with van der Waals surface area (Å²) < 4.78 is 22.1. The molecule has 0 spiro atoms. The second-order valence-corrected chi connectivity index (χ2v) is 10.4. The number of aldehydes is 1. The van der Waals surface area contributed by atoms with Crippen LogP contribution >= 0.6 is 0 Å². The molecule has 10 atom stereocenters. The van der Waals surface area contributed by atoms with Crippen molar-refractivity contribution < 1.29 is 74.8 Å². The maximum atomic E-state index is 10.8. The van der Waals surface area contributed by atoms with E-state index in [9.17, 15) is 45.6 Å². The van der Waals surface area contributed by atoms with Crippen LogP contribution in [0.3, 0.4) is 0 Å². The largest absolute Gasteiger partial charge is 0.394 e. The first-order chi connectivity index (χ1) is 20.4. The molecule has 0 rings (SSSR count). The zero-order valence-electron chi connectivity index (χ0n) is 25.2. The molecule has 43 heavy (non-hydrogen) atoms. The van der Waals surface area contributed by atoms with E-state index in [4.69, 9.17) is 29.2 Å². The molecule has 0 saturated heterocycles. The van der Waals surface area contributed by atoms with Crippen LogP contribution in [0.5, 0.6) is 0 Å². The van der Waals surface area contributed by atoms with Crippen LogP contribution in [0.2, 0.25) is 0 Å². The van der Waals surface area contributed by atoms with Gasteiger partial charge in [0.05, 0.1) is 77.8 Å². The minimum absolute atomic E-state index is 0.00583. The van der Waals surface area contributed by atoms with Gasteiger partial charge in [-0.05, 0) is 12.8 Å². The zero-order chi connectivity index (χ0) is 32.8. The molecule has 0 fully saturated rings. The zero-order valence-corrected chi connectivity index (χ0v) is 25.2. The molecule has 16 heteroatoms. The molecule has 0 bridgehead atoms. The van der Waals surface area contributed by atoms with Crippen molar-refractivity contribution in [2.24, 2.45) is 5.92 Å². The molecule has 0 aliphatic rings. The number of carbonyl (C=O) groups is 1. The highest BCUT2D eigenvalue weighted by molar-refractivity contribution is 5.52. The quantitative estimate of drug-likeness (QED) is 0.0274. The highest BCUT2D eigenvalue weighted by Gasteiger charge is 2.34. The fourth-order valence-corrected chi connectivity index (χ4v) is 3.96. The summed E-state index contributed by atoms with van der Waals surface area (Å²) in [5.74, 6) is -0.0543. The summed E-state index contributed by atoms with van der Waals surface area (Å²) in [6, 6.07) is 0. The van der Waals surface area contributed by atoms with Crippen LogP contribution in [0.25, 0.3) is 0 Å². The Morgan fingerprint density at radius 3 is 1.42 bits per heavy atom. The summed E-state index contributed by atoms with van der Waals surface area (Å²) in [5, 5.41) is 97.7. The highest BCUT2D eigenvalue weighted by atomic mass is 16.6. The van der Waals surface area contributed by atoms with Crippen LogP contribution in [-0.2, 0) is 23.7 Å². The second kappa shape index (κ2) is 25.3. The van der Waals surface area contributed by atoms with Crippen molar-refractivity contribution in [2.75, 3.05) is 79.1 Å². The Kier molecular flexibility index (Phi) is 24.7. The third-order valence-corrected chi connectivity index (χ3v) is 6.74. The summed E-state index contributed by atoms with van der Waals surface area (Å²) in [4.78, 5) is 12.1. The van der Waals surface area contributed by atoms with Crippen molar-refractivity contribution in [3.05, 3.63) is 0 Å². The van der Waals surface area contributed by atoms with E-state index >= 15 is 0 Å². The topological polar surface area (TPSA) is 260 Å². The normalized spacial score (nSPS) is 19.3. The summed E-state index contributed by atoms with van der Waals surface area (Å²) in [6.45, 7) is 3.32. The third kappa shape index (κ3) is 18.6. The van der Waals surface area contributed by atoms with Crippen LogP contribution in [0.4, 0.5) is 0 Å². The Bertz CT molecular complexity index is 636. The second-order valence-electron chi connectivity index (χ2n) is 10.4. The Labute approximate surface area is 253 Å². The number of aliphatic hydroxyl groups excluding tert-OH is 10. The van der Waals surface area contributed by atoms with E-state index < -0.39 is 62.0 Å². The maximum absolute atomic E-state index is 10.8. The molecule has 258 valence electrons. The number of hydrogen-bond acceptors (Lipinski definition) is 16. The Morgan fingerprint density at radius 2 is 1.02 bits per heavy atom. The molecule has 0 amide bonds. The molecule has 10 N–H and O–H groups in total. The van der Waals surface area contributed by atoms with Crippen molar-refractivity contribution in [1.82, 2.24) is 4.90 Å². The van der Waals surface area contributed by atoms with E-state index in [1.807, 2.05) is 13.8 Å². The summed E-state index contributed by atoms with van der Waals surface area (Å²) >= 11 is 0. The van der Waals surface area contributed by atoms with Gasteiger partial charge in [-0.2, -0.15) is 0 Å². The molecule has 0 aliphatic carbocycles. The van der Waals surface area contributed by atoms with Crippen molar-refractivity contribution in [2.45, 2.75) is 81.6 Å². The van der Waals surface area contributed by atoms with Crippen LogP contribution in [-0.4, -0.2) is 196 Å². The number of nitrogens with zero attached hydrogens (tertiary/aromatic N) is 1. The summed E-state index contributed by atoms with van der Waals surface area (Å²) in [5.41, 5.74) is 0. The first-order valence-corrected chi connectivity index (χ1v) is 14.6. The molecular formula is C27H55NO15. The maximum Gasteiger partial charge on any atom is 0.122 e. The fraction of sp³-hybridized carbons (Fsp3) is 0.963. The van der Waals surface area contributed by atoms with Gasteiger partial charge in [-0.15, -0.1) is 0 Å². The number of carbonyl (C=O) groups excluding carboxylic acids is 1. The average molecular weight is 634 g/mol. The first kappa shape index (κ1) is 42.1. The number of hydrogen-bond donors (Lipinski definition) is 10. The number of rotatable bonds is 29. The van der Waals surface area contributed by atoms with Gasteiger partial charge in [0.2, 0.25) is 0 Å². The Balaban J connectivity index is 4.52. The van der Waals surface area contributed by atoms with Crippen molar-refractivity contribution in [3.63, 3.8) is 0 Å². The predicted octanol–water partition coefficient (Wildman–Crippen LogP) is -4.77. The number of aliphatic hydroxyl groups is 10. The van der Waals surface area contributed by atoms with Gasteiger partial charge in [0.1, 0.15) is 42.9 Å². The van der Waals surface area contributed by atoms with Gasteiger partial charge < -0.3 is 74.8 Å². The molecule has 0 saturated carbocycles. The van der Waals surface area contributed by atoms with E-state index in [2.05, 4.69) is 0 Å².